The molecule has 0 aliphatic rings. The monoisotopic (exact) mass is 302 g/mol. The predicted octanol–water partition coefficient (Wildman–Crippen LogP) is 3.38. The second-order valence-corrected chi connectivity index (χ2v) is 4.01. The maximum Gasteiger partial charge on any atom is 0.338 e. The van der Waals surface area contributed by atoms with Crippen LogP contribution in [0, 0.1) is 5.82 Å². The molecule has 0 heterocycles. The fraction of sp³-hybridized carbons (Fsp3) is 0.250. The SMILES string of the molecule is C=C(OCC)c1cc(F)c(Br)cc1C(=O)OC. The van der Waals surface area contributed by atoms with Crippen LogP contribution in [0.15, 0.2) is 23.2 Å². The van der Waals surface area contributed by atoms with Crippen LogP contribution in [0.5, 0.6) is 0 Å². The second-order valence-electron chi connectivity index (χ2n) is 3.16. The molecule has 0 saturated carbocycles. The lowest BCUT2D eigenvalue weighted by Crippen LogP contribution is -2.07. The predicted molar refractivity (Wildman–Crippen MR) is 66.1 cm³/mol. The third-order valence-corrected chi connectivity index (χ3v) is 2.69. The van der Waals surface area contributed by atoms with Crippen LogP contribution in [0.4, 0.5) is 4.39 Å². The van der Waals surface area contributed by atoms with Gasteiger partial charge in [0.25, 0.3) is 0 Å². The van der Waals surface area contributed by atoms with Crippen molar-refractivity contribution in [1.29, 1.82) is 0 Å². The molecule has 92 valence electrons. The van der Waals surface area contributed by atoms with E-state index in [2.05, 4.69) is 27.2 Å². The van der Waals surface area contributed by atoms with Gasteiger partial charge in [-0.1, -0.05) is 6.58 Å². The lowest BCUT2D eigenvalue weighted by atomic mass is 10.1. The Balaban J connectivity index is 3.30. The molecule has 0 bridgehead atoms. The molecule has 0 unspecified atom stereocenters. The van der Waals surface area contributed by atoms with Crippen molar-refractivity contribution in [3.63, 3.8) is 0 Å². The maximum absolute atomic E-state index is 13.4. The van der Waals surface area contributed by atoms with Crippen LogP contribution in [-0.2, 0) is 9.47 Å². The molecule has 0 aliphatic heterocycles. The van der Waals surface area contributed by atoms with Gasteiger partial charge in [0.1, 0.15) is 11.6 Å². The Labute approximate surface area is 107 Å². The van der Waals surface area contributed by atoms with E-state index in [1.807, 2.05) is 0 Å². The van der Waals surface area contributed by atoms with Crippen LogP contribution in [0.2, 0.25) is 0 Å². The van der Waals surface area contributed by atoms with E-state index in [1.165, 1.54) is 19.2 Å². The van der Waals surface area contributed by atoms with Crippen LogP contribution < -0.4 is 0 Å². The van der Waals surface area contributed by atoms with Crippen molar-refractivity contribution in [2.45, 2.75) is 6.92 Å². The molecule has 0 radical (unpaired) electrons. The number of rotatable bonds is 4. The maximum atomic E-state index is 13.4. The first-order valence-electron chi connectivity index (χ1n) is 4.90. The Bertz CT molecular complexity index is 457. The first-order chi connectivity index (χ1) is 8.01. The summed E-state index contributed by atoms with van der Waals surface area (Å²) in [5, 5.41) is 0. The quantitative estimate of drug-likeness (QED) is 0.632. The summed E-state index contributed by atoms with van der Waals surface area (Å²) in [4.78, 5) is 11.5. The molecule has 0 atom stereocenters. The number of hydrogen-bond acceptors (Lipinski definition) is 3. The average molecular weight is 303 g/mol. The van der Waals surface area contributed by atoms with Gasteiger partial charge < -0.3 is 9.47 Å². The van der Waals surface area contributed by atoms with Gasteiger partial charge in [-0.25, -0.2) is 9.18 Å². The zero-order chi connectivity index (χ0) is 13.0. The van der Waals surface area contributed by atoms with Crippen molar-refractivity contribution in [3.05, 3.63) is 40.1 Å². The molecule has 0 N–H and O–H groups in total. The van der Waals surface area contributed by atoms with Gasteiger partial charge in [0.2, 0.25) is 0 Å². The van der Waals surface area contributed by atoms with Crippen molar-refractivity contribution in [3.8, 4) is 0 Å². The van der Waals surface area contributed by atoms with Gasteiger partial charge in [-0.15, -0.1) is 0 Å². The average Bonchev–Trinajstić information content (AvgIpc) is 2.31. The smallest absolute Gasteiger partial charge is 0.338 e. The van der Waals surface area contributed by atoms with Crippen molar-refractivity contribution in [2.24, 2.45) is 0 Å². The molecule has 1 aromatic carbocycles. The number of carbonyl (C=O) groups excluding carboxylic acids is 1. The Morgan fingerprint density at radius 2 is 2.12 bits per heavy atom. The number of hydrogen-bond donors (Lipinski definition) is 0. The minimum absolute atomic E-state index is 0.186. The van der Waals surface area contributed by atoms with Gasteiger partial charge in [0.05, 0.1) is 23.8 Å². The minimum Gasteiger partial charge on any atom is -0.494 e. The number of methoxy groups -OCH3 is 1. The van der Waals surface area contributed by atoms with Gasteiger partial charge in [0, 0.05) is 5.56 Å². The largest absolute Gasteiger partial charge is 0.494 e. The zero-order valence-electron chi connectivity index (χ0n) is 9.55. The third kappa shape index (κ3) is 3.06. The number of benzene rings is 1. The van der Waals surface area contributed by atoms with Crippen LogP contribution in [0.25, 0.3) is 5.76 Å². The fourth-order valence-corrected chi connectivity index (χ4v) is 1.65. The minimum atomic E-state index is -0.568. The summed E-state index contributed by atoms with van der Waals surface area (Å²) in [6.07, 6.45) is 0. The van der Waals surface area contributed by atoms with Crippen LogP contribution in [0.3, 0.4) is 0 Å². The fourth-order valence-electron chi connectivity index (χ4n) is 1.31. The van der Waals surface area contributed by atoms with Crippen molar-refractivity contribution in [2.75, 3.05) is 13.7 Å². The van der Waals surface area contributed by atoms with Crippen LogP contribution in [-0.4, -0.2) is 19.7 Å². The molecule has 1 rings (SSSR count). The van der Waals surface area contributed by atoms with E-state index < -0.39 is 11.8 Å². The molecule has 3 nitrogen and oxygen atoms in total. The van der Waals surface area contributed by atoms with Gasteiger partial charge in [0.15, 0.2) is 0 Å². The summed E-state index contributed by atoms with van der Waals surface area (Å²) in [6.45, 7) is 5.81. The number of carbonyl (C=O) groups is 1. The van der Waals surface area contributed by atoms with Gasteiger partial charge in [-0.2, -0.15) is 0 Å². The molecule has 0 amide bonds. The highest BCUT2D eigenvalue weighted by Crippen LogP contribution is 2.26. The first-order valence-corrected chi connectivity index (χ1v) is 5.70. The van der Waals surface area contributed by atoms with Crippen molar-refractivity contribution in [1.82, 2.24) is 0 Å². The Kier molecular flexibility index (Phi) is 4.69. The first kappa shape index (κ1) is 13.7. The Hall–Kier alpha value is -1.36. The van der Waals surface area contributed by atoms with Crippen molar-refractivity contribution < 1.29 is 18.7 Å². The summed E-state index contributed by atoms with van der Waals surface area (Å²) in [7, 11) is 1.26. The lowest BCUT2D eigenvalue weighted by Gasteiger charge is -2.12. The molecule has 0 fully saturated rings. The van der Waals surface area contributed by atoms with E-state index in [4.69, 9.17) is 4.74 Å². The van der Waals surface area contributed by atoms with Crippen LogP contribution in [0.1, 0.15) is 22.8 Å². The number of ether oxygens (including phenoxy) is 2. The van der Waals surface area contributed by atoms with Crippen molar-refractivity contribution >= 4 is 27.7 Å². The van der Waals surface area contributed by atoms with E-state index in [1.54, 1.807) is 6.92 Å². The van der Waals surface area contributed by atoms with E-state index in [9.17, 15) is 9.18 Å². The molecule has 0 saturated heterocycles. The van der Waals surface area contributed by atoms with Gasteiger partial charge >= 0.3 is 5.97 Å². The third-order valence-electron chi connectivity index (χ3n) is 2.08. The molecule has 0 aliphatic carbocycles. The molecule has 1 aromatic rings. The second kappa shape index (κ2) is 5.82. The topological polar surface area (TPSA) is 35.5 Å². The molecular formula is C12H12BrFO3. The number of esters is 1. The number of halogens is 2. The Morgan fingerprint density at radius 3 is 2.65 bits per heavy atom. The molecule has 0 spiro atoms. The van der Waals surface area contributed by atoms with E-state index in [-0.39, 0.29) is 15.8 Å². The zero-order valence-corrected chi connectivity index (χ0v) is 11.1. The Morgan fingerprint density at radius 1 is 1.47 bits per heavy atom. The van der Waals surface area contributed by atoms with Gasteiger partial charge in [-0.05, 0) is 35.0 Å². The summed E-state index contributed by atoms with van der Waals surface area (Å²) in [5.74, 6) is -0.825. The molecule has 5 heteroatoms. The summed E-state index contributed by atoms with van der Waals surface area (Å²) >= 11 is 3.01. The highest BCUT2D eigenvalue weighted by Gasteiger charge is 2.18. The highest BCUT2D eigenvalue weighted by atomic mass is 79.9. The van der Waals surface area contributed by atoms with E-state index in [0.29, 0.717) is 12.2 Å². The lowest BCUT2D eigenvalue weighted by molar-refractivity contribution is 0.0599. The van der Waals surface area contributed by atoms with E-state index >= 15 is 0 Å². The summed E-state index contributed by atoms with van der Waals surface area (Å²) < 4.78 is 23.4. The highest BCUT2D eigenvalue weighted by molar-refractivity contribution is 9.10. The molecule has 0 aromatic heterocycles. The molecule has 17 heavy (non-hydrogen) atoms. The normalized spacial score (nSPS) is 9.88. The summed E-state index contributed by atoms with van der Waals surface area (Å²) in [6, 6.07) is 2.54. The van der Waals surface area contributed by atoms with E-state index in [0.717, 1.165) is 0 Å². The molecular weight excluding hydrogens is 291 g/mol. The standard InChI is InChI=1S/C12H12BrFO3/c1-4-17-7(2)8-6-11(14)10(13)5-9(8)12(15)16-3/h5-6H,2,4H2,1,3H3. The van der Waals surface area contributed by atoms with Crippen LogP contribution >= 0.6 is 15.9 Å². The van der Waals surface area contributed by atoms with Gasteiger partial charge in [-0.3, -0.25) is 0 Å². The summed E-state index contributed by atoms with van der Waals surface area (Å²) in [5.41, 5.74) is 0.499.